The van der Waals surface area contributed by atoms with E-state index in [1.54, 1.807) is 18.2 Å². The molecule has 1 aromatic rings. The molecule has 0 bridgehead atoms. The van der Waals surface area contributed by atoms with Gasteiger partial charge >= 0.3 is 0 Å². The molecule has 4 nitrogen and oxygen atoms in total. The number of hydrogen-bond donors (Lipinski definition) is 2. The van der Waals surface area contributed by atoms with Gasteiger partial charge in [0.05, 0.1) is 16.3 Å². The molecular weight excluding hydrogens is 274 g/mol. The Morgan fingerprint density at radius 1 is 1.55 bits per heavy atom. The number of nitrogen functional groups attached to an aromatic ring is 1. The Morgan fingerprint density at radius 2 is 2.30 bits per heavy atom. The lowest BCUT2D eigenvalue weighted by atomic mass is 10.1. The summed E-state index contributed by atoms with van der Waals surface area (Å²) in [7, 11) is 0. The molecule has 0 spiro atoms. The van der Waals surface area contributed by atoms with E-state index >= 15 is 0 Å². The minimum atomic E-state index is -0.148. The van der Waals surface area contributed by atoms with E-state index in [4.69, 9.17) is 17.3 Å². The van der Waals surface area contributed by atoms with E-state index < -0.39 is 0 Å². The van der Waals surface area contributed by atoms with Crippen LogP contribution >= 0.6 is 11.6 Å². The lowest BCUT2D eigenvalue weighted by Crippen LogP contribution is -2.33. The molecule has 1 amide bonds. The second-order valence-electron chi connectivity index (χ2n) is 5.66. The van der Waals surface area contributed by atoms with Gasteiger partial charge in [-0.05, 0) is 44.9 Å². The number of nitrogens with zero attached hydrogens (tertiary/aromatic N) is 1. The molecule has 1 aliphatic heterocycles. The van der Waals surface area contributed by atoms with Gasteiger partial charge in [0.15, 0.2) is 0 Å². The smallest absolute Gasteiger partial charge is 0.252 e. The number of benzene rings is 1. The zero-order chi connectivity index (χ0) is 14.7. The van der Waals surface area contributed by atoms with Crippen LogP contribution in [-0.4, -0.2) is 36.5 Å². The van der Waals surface area contributed by atoms with Crippen molar-refractivity contribution in [3.05, 3.63) is 28.8 Å². The molecule has 5 heteroatoms. The molecule has 1 unspecified atom stereocenters. The van der Waals surface area contributed by atoms with Crippen molar-refractivity contribution in [3.63, 3.8) is 0 Å². The van der Waals surface area contributed by atoms with Crippen LogP contribution in [0.4, 0.5) is 5.69 Å². The topological polar surface area (TPSA) is 58.4 Å². The van der Waals surface area contributed by atoms with Crippen molar-refractivity contribution in [1.29, 1.82) is 0 Å². The highest BCUT2D eigenvalue weighted by Gasteiger charge is 2.24. The van der Waals surface area contributed by atoms with Gasteiger partial charge in [-0.25, -0.2) is 0 Å². The highest BCUT2D eigenvalue weighted by atomic mass is 35.5. The summed E-state index contributed by atoms with van der Waals surface area (Å²) in [6, 6.07) is 5.70. The number of nitrogens with two attached hydrogens (primary N) is 1. The van der Waals surface area contributed by atoms with Crippen LogP contribution in [0.1, 0.15) is 30.6 Å². The van der Waals surface area contributed by atoms with Crippen molar-refractivity contribution in [3.8, 4) is 0 Å². The number of nitrogens with one attached hydrogen (secondary N) is 1. The van der Waals surface area contributed by atoms with E-state index in [-0.39, 0.29) is 5.91 Å². The zero-order valence-corrected chi connectivity index (χ0v) is 12.8. The summed E-state index contributed by atoms with van der Waals surface area (Å²) in [5, 5.41) is 3.30. The highest BCUT2D eigenvalue weighted by molar-refractivity contribution is 6.36. The predicted octanol–water partition coefficient (Wildman–Crippen LogP) is 2.38. The van der Waals surface area contributed by atoms with Crippen LogP contribution in [0, 0.1) is 5.92 Å². The normalized spacial score (nSPS) is 19.5. The summed E-state index contributed by atoms with van der Waals surface area (Å²) >= 11 is 6.05. The Kier molecular flexibility index (Phi) is 4.89. The fourth-order valence-corrected chi connectivity index (χ4v) is 2.77. The van der Waals surface area contributed by atoms with Crippen molar-refractivity contribution in [1.82, 2.24) is 10.2 Å². The summed E-state index contributed by atoms with van der Waals surface area (Å²) < 4.78 is 0. The summed E-state index contributed by atoms with van der Waals surface area (Å²) in [4.78, 5) is 14.6. The van der Waals surface area contributed by atoms with Gasteiger partial charge in [0, 0.05) is 19.1 Å². The molecule has 20 heavy (non-hydrogen) atoms. The molecule has 0 aromatic heterocycles. The van der Waals surface area contributed by atoms with Crippen LogP contribution in [-0.2, 0) is 0 Å². The van der Waals surface area contributed by atoms with Gasteiger partial charge in [0.25, 0.3) is 5.91 Å². The fourth-order valence-electron chi connectivity index (χ4n) is 2.56. The van der Waals surface area contributed by atoms with E-state index in [9.17, 15) is 4.79 Å². The van der Waals surface area contributed by atoms with Crippen molar-refractivity contribution in [2.75, 3.05) is 25.4 Å². The average molecular weight is 296 g/mol. The molecule has 2 rings (SSSR count). The molecule has 1 fully saturated rings. The Hall–Kier alpha value is -1.26. The van der Waals surface area contributed by atoms with Gasteiger partial charge in [-0.15, -0.1) is 0 Å². The first kappa shape index (κ1) is 15.1. The largest absolute Gasteiger partial charge is 0.398 e. The van der Waals surface area contributed by atoms with E-state index in [0.29, 0.717) is 34.8 Å². The number of carbonyl (C=O) groups excluding carboxylic acids is 1. The van der Waals surface area contributed by atoms with E-state index in [1.165, 1.54) is 0 Å². The van der Waals surface area contributed by atoms with Crippen molar-refractivity contribution < 1.29 is 4.79 Å². The average Bonchev–Trinajstić information content (AvgIpc) is 2.88. The third kappa shape index (κ3) is 3.44. The first-order valence-electron chi connectivity index (χ1n) is 7.05. The Labute approximate surface area is 125 Å². The maximum absolute atomic E-state index is 12.1. The van der Waals surface area contributed by atoms with Crippen LogP contribution < -0.4 is 11.1 Å². The summed E-state index contributed by atoms with van der Waals surface area (Å²) in [6.45, 7) is 7.24. The third-order valence-electron chi connectivity index (χ3n) is 3.87. The highest BCUT2D eigenvalue weighted by Crippen LogP contribution is 2.23. The minimum Gasteiger partial charge on any atom is -0.398 e. The molecule has 1 atom stereocenters. The Balaban J connectivity index is 1.89. The summed E-state index contributed by atoms with van der Waals surface area (Å²) in [5.74, 6) is 0.367. The first-order valence-corrected chi connectivity index (χ1v) is 7.43. The molecule has 1 aliphatic rings. The number of carbonyl (C=O) groups is 1. The lowest BCUT2D eigenvalue weighted by molar-refractivity contribution is 0.0947. The van der Waals surface area contributed by atoms with Gasteiger partial charge in [-0.2, -0.15) is 0 Å². The Morgan fingerprint density at radius 3 is 2.95 bits per heavy atom. The minimum absolute atomic E-state index is 0.148. The van der Waals surface area contributed by atoms with E-state index in [2.05, 4.69) is 24.1 Å². The maximum atomic E-state index is 12.1. The van der Waals surface area contributed by atoms with Crippen LogP contribution in [0.25, 0.3) is 0 Å². The lowest BCUT2D eigenvalue weighted by Gasteiger charge is -2.20. The van der Waals surface area contributed by atoms with Crippen molar-refractivity contribution in [2.24, 2.45) is 5.92 Å². The SMILES string of the molecule is CC(C)N1CCC(CNC(=O)c2cccc(N)c2Cl)C1. The number of anilines is 1. The number of hydrogen-bond acceptors (Lipinski definition) is 3. The van der Waals surface area contributed by atoms with E-state index in [1.807, 2.05) is 0 Å². The van der Waals surface area contributed by atoms with Crippen LogP contribution in [0.3, 0.4) is 0 Å². The quantitative estimate of drug-likeness (QED) is 0.839. The summed E-state index contributed by atoms with van der Waals surface area (Å²) in [6.07, 6.45) is 1.13. The zero-order valence-electron chi connectivity index (χ0n) is 12.0. The molecule has 0 radical (unpaired) electrons. The van der Waals surface area contributed by atoms with Crippen LogP contribution in [0.2, 0.25) is 5.02 Å². The third-order valence-corrected chi connectivity index (χ3v) is 4.29. The second-order valence-corrected chi connectivity index (χ2v) is 6.04. The van der Waals surface area contributed by atoms with Gasteiger partial charge in [-0.1, -0.05) is 17.7 Å². The summed E-state index contributed by atoms with van der Waals surface area (Å²) in [5.41, 5.74) is 6.60. The molecule has 110 valence electrons. The fraction of sp³-hybridized carbons (Fsp3) is 0.533. The first-order chi connectivity index (χ1) is 9.49. The standard InChI is InChI=1S/C15H22ClN3O/c1-10(2)19-7-6-11(9-19)8-18-15(20)12-4-3-5-13(17)14(12)16/h3-5,10-11H,6-9,17H2,1-2H3,(H,18,20). The van der Waals surface area contributed by atoms with Crippen LogP contribution in [0.5, 0.6) is 0 Å². The monoisotopic (exact) mass is 295 g/mol. The van der Waals surface area contributed by atoms with Crippen molar-refractivity contribution in [2.45, 2.75) is 26.3 Å². The number of halogens is 1. The van der Waals surface area contributed by atoms with E-state index in [0.717, 1.165) is 19.5 Å². The molecule has 1 aromatic carbocycles. The predicted molar refractivity (Wildman–Crippen MR) is 83.0 cm³/mol. The van der Waals surface area contributed by atoms with Gasteiger partial charge in [0.1, 0.15) is 0 Å². The number of amides is 1. The molecule has 3 N–H and O–H groups in total. The molecule has 0 aliphatic carbocycles. The maximum Gasteiger partial charge on any atom is 0.252 e. The molecular formula is C15H22ClN3O. The number of likely N-dealkylation sites (tertiary alicyclic amines) is 1. The van der Waals surface area contributed by atoms with Gasteiger partial charge in [0.2, 0.25) is 0 Å². The van der Waals surface area contributed by atoms with Gasteiger partial charge < -0.3 is 16.0 Å². The molecule has 1 saturated heterocycles. The van der Waals surface area contributed by atoms with Gasteiger partial charge in [-0.3, -0.25) is 4.79 Å². The molecule has 1 heterocycles. The number of rotatable bonds is 4. The van der Waals surface area contributed by atoms with Crippen molar-refractivity contribution >= 4 is 23.2 Å². The second kappa shape index (κ2) is 6.46. The van der Waals surface area contributed by atoms with Crippen LogP contribution in [0.15, 0.2) is 18.2 Å². The Bertz CT molecular complexity index is 490. The molecule has 0 saturated carbocycles.